The summed E-state index contributed by atoms with van der Waals surface area (Å²) in [5, 5.41) is 2.76. The summed E-state index contributed by atoms with van der Waals surface area (Å²) in [6.45, 7) is 2.28. The Bertz CT molecular complexity index is 603. The van der Waals surface area contributed by atoms with Gasteiger partial charge in [0.05, 0.1) is 19.8 Å². The number of carbonyl (C=O) groups excluding carboxylic acids is 1. The third kappa shape index (κ3) is 4.87. The van der Waals surface area contributed by atoms with E-state index < -0.39 is 15.0 Å². The number of hydrogen-bond donors (Lipinski definition) is 1. The Morgan fingerprint density at radius 2 is 2.05 bits per heavy atom. The predicted octanol–water partition coefficient (Wildman–Crippen LogP) is 1.78. The second kappa shape index (κ2) is 7.63. The van der Waals surface area contributed by atoms with E-state index in [0.717, 1.165) is 0 Å². The van der Waals surface area contributed by atoms with E-state index in [9.17, 15) is 13.2 Å². The van der Waals surface area contributed by atoms with Crippen molar-refractivity contribution in [3.8, 4) is 5.75 Å². The molecule has 1 amide bonds. The van der Waals surface area contributed by atoms with E-state index in [4.69, 9.17) is 20.2 Å². The lowest BCUT2D eigenvalue weighted by atomic mass is 10.1. The van der Waals surface area contributed by atoms with E-state index in [-0.39, 0.29) is 22.3 Å². The van der Waals surface area contributed by atoms with Crippen LogP contribution in [0.2, 0.25) is 0 Å². The molecule has 8 heteroatoms. The van der Waals surface area contributed by atoms with Gasteiger partial charge in [0.25, 0.3) is 15.0 Å². The highest BCUT2D eigenvalue weighted by atomic mass is 35.7. The third-order valence-electron chi connectivity index (χ3n) is 2.88. The van der Waals surface area contributed by atoms with Gasteiger partial charge in [0, 0.05) is 23.4 Å². The highest BCUT2D eigenvalue weighted by molar-refractivity contribution is 8.13. The number of nitrogens with one attached hydrogen (secondary N) is 1. The van der Waals surface area contributed by atoms with Gasteiger partial charge in [-0.1, -0.05) is 6.92 Å². The zero-order valence-electron chi connectivity index (χ0n) is 12.1. The Morgan fingerprint density at radius 3 is 2.52 bits per heavy atom. The highest BCUT2D eigenvalue weighted by Crippen LogP contribution is 2.27. The van der Waals surface area contributed by atoms with E-state index >= 15 is 0 Å². The van der Waals surface area contributed by atoms with Gasteiger partial charge in [-0.3, -0.25) is 4.79 Å². The van der Waals surface area contributed by atoms with Gasteiger partial charge < -0.3 is 14.8 Å². The molecule has 1 aromatic carbocycles. The maximum Gasteiger partial charge on any atom is 0.265 e. The summed E-state index contributed by atoms with van der Waals surface area (Å²) in [7, 11) is 4.21. The molecule has 118 valence electrons. The predicted molar refractivity (Wildman–Crippen MR) is 79.5 cm³/mol. The first-order valence-electron chi connectivity index (χ1n) is 6.26. The second-order valence-corrected chi connectivity index (χ2v) is 6.87. The zero-order chi connectivity index (χ0) is 16.0. The molecule has 1 aromatic rings. The van der Waals surface area contributed by atoms with E-state index in [1.165, 1.54) is 25.3 Å². The van der Waals surface area contributed by atoms with Crippen LogP contribution in [-0.2, 0) is 13.8 Å². The fraction of sp³-hybridized carbons (Fsp3) is 0.462. The molecule has 0 bridgehead atoms. The molecule has 1 rings (SSSR count). The molecule has 1 N–H and O–H groups in total. The van der Waals surface area contributed by atoms with Gasteiger partial charge in [0.1, 0.15) is 10.6 Å². The van der Waals surface area contributed by atoms with Crippen molar-refractivity contribution < 1.29 is 22.7 Å². The fourth-order valence-electron chi connectivity index (χ4n) is 1.74. The van der Waals surface area contributed by atoms with Crippen LogP contribution in [-0.4, -0.2) is 41.2 Å². The highest BCUT2D eigenvalue weighted by Gasteiger charge is 2.20. The largest absolute Gasteiger partial charge is 0.495 e. The smallest absolute Gasteiger partial charge is 0.265 e. The maximum atomic E-state index is 12.1. The summed E-state index contributed by atoms with van der Waals surface area (Å²) in [6, 6.07) is 3.90. The standard InChI is InChI=1S/C13H18ClNO5S/c1-4-10(8-19-2)15-13(16)9-5-6-11(20-3)12(7-9)21(14,17)18/h5-7,10H,4,8H2,1-3H3,(H,15,16). The minimum Gasteiger partial charge on any atom is -0.495 e. The maximum absolute atomic E-state index is 12.1. The van der Waals surface area contributed by atoms with Crippen LogP contribution in [0.5, 0.6) is 5.75 Å². The summed E-state index contributed by atoms with van der Waals surface area (Å²) in [4.78, 5) is 11.9. The zero-order valence-corrected chi connectivity index (χ0v) is 13.6. The van der Waals surface area contributed by atoms with Crippen LogP contribution in [0.3, 0.4) is 0 Å². The molecule has 0 radical (unpaired) electrons. The minimum absolute atomic E-state index is 0.0884. The minimum atomic E-state index is -4.00. The van der Waals surface area contributed by atoms with Gasteiger partial charge >= 0.3 is 0 Å². The van der Waals surface area contributed by atoms with Crippen LogP contribution in [0.15, 0.2) is 23.1 Å². The molecule has 0 spiro atoms. The lowest BCUT2D eigenvalue weighted by Gasteiger charge is -2.16. The SMILES string of the molecule is CCC(COC)NC(=O)c1ccc(OC)c(S(=O)(=O)Cl)c1. The third-order valence-corrected chi connectivity index (χ3v) is 4.23. The van der Waals surface area contributed by atoms with E-state index in [0.29, 0.717) is 13.0 Å². The van der Waals surface area contributed by atoms with Crippen LogP contribution in [0, 0.1) is 0 Å². The van der Waals surface area contributed by atoms with Crippen LogP contribution < -0.4 is 10.1 Å². The van der Waals surface area contributed by atoms with Gasteiger partial charge in [-0.05, 0) is 24.6 Å². The molecule has 0 fully saturated rings. The van der Waals surface area contributed by atoms with Crippen molar-refractivity contribution in [2.24, 2.45) is 0 Å². The molecule has 0 aliphatic carbocycles. The summed E-state index contributed by atoms with van der Waals surface area (Å²) >= 11 is 0. The number of amides is 1. The first-order valence-corrected chi connectivity index (χ1v) is 8.56. The van der Waals surface area contributed by atoms with Crippen molar-refractivity contribution in [1.82, 2.24) is 5.32 Å². The Balaban J connectivity index is 3.06. The van der Waals surface area contributed by atoms with E-state index in [2.05, 4.69) is 5.32 Å². The normalized spacial score (nSPS) is 12.8. The molecule has 0 saturated carbocycles. The van der Waals surface area contributed by atoms with Gasteiger partial charge in [-0.25, -0.2) is 8.42 Å². The van der Waals surface area contributed by atoms with Gasteiger partial charge in [-0.2, -0.15) is 0 Å². The molecule has 0 aliphatic rings. The molecule has 1 atom stereocenters. The number of carbonyl (C=O) groups is 1. The van der Waals surface area contributed by atoms with Crippen molar-refractivity contribution >= 4 is 25.6 Å². The molecular weight excluding hydrogens is 318 g/mol. The summed E-state index contributed by atoms with van der Waals surface area (Å²) in [5.74, 6) is -0.311. The molecule has 0 aliphatic heterocycles. The Labute approximate surface area is 128 Å². The van der Waals surface area contributed by atoms with Gasteiger partial charge in [0.15, 0.2) is 0 Å². The Hall–Kier alpha value is -1.31. The average molecular weight is 336 g/mol. The lowest BCUT2D eigenvalue weighted by molar-refractivity contribution is 0.0894. The summed E-state index contributed by atoms with van der Waals surface area (Å²) < 4.78 is 32.9. The number of rotatable bonds is 7. The number of benzene rings is 1. The van der Waals surface area contributed by atoms with Crippen molar-refractivity contribution in [3.05, 3.63) is 23.8 Å². The van der Waals surface area contributed by atoms with Crippen LogP contribution >= 0.6 is 10.7 Å². The molecule has 6 nitrogen and oxygen atoms in total. The van der Waals surface area contributed by atoms with Crippen molar-refractivity contribution in [1.29, 1.82) is 0 Å². The topological polar surface area (TPSA) is 81.7 Å². The van der Waals surface area contributed by atoms with Crippen LogP contribution in [0.1, 0.15) is 23.7 Å². The molecule has 0 saturated heterocycles. The summed E-state index contributed by atoms with van der Waals surface area (Å²) in [5.41, 5.74) is 0.185. The van der Waals surface area contributed by atoms with Crippen LogP contribution in [0.4, 0.5) is 0 Å². The number of halogens is 1. The van der Waals surface area contributed by atoms with E-state index in [1.807, 2.05) is 6.92 Å². The first-order chi connectivity index (χ1) is 9.83. The quantitative estimate of drug-likeness (QED) is 0.768. The molecular formula is C13H18ClNO5S. The molecule has 0 aromatic heterocycles. The molecule has 21 heavy (non-hydrogen) atoms. The van der Waals surface area contributed by atoms with Gasteiger partial charge in [-0.15, -0.1) is 0 Å². The second-order valence-electron chi connectivity index (χ2n) is 4.34. The number of hydrogen-bond acceptors (Lipinski definition) is 5. The van der Waals surface area contributed by atoms with Crippen molar-refractivity contribution in [2.75, 3.05) is 20.8 Å². The number of methoxy groups -OCH3 is 2. The Morgan fingerprint density at radius 1 is 1.38 bits per heavy atom. The van der Waals surface area contributed by atoms with Crippen molar-refractivity contribution in [2.45, 2.75) is 24.3 Å². The van der Waals surface area contributed by atoms with E-state index in [1.54, 1.807) is 7.11 Å². The first kappa shape index (κ1) is 17.7. The lowest BCUT2D eigenvalue weighted by Crippen LogP contribution is -2.37. The monoisotopic (exact) mass is 335 g/mol. The Kier molecular flexibility index (Phi) is 6.44. The summed E-state index contributed by atoms with van der Waals surface area (Å²) in [6.07, 6.45) is 0.691. The molecule has 1 unspecified atom stereocenters. The van der Waals surface area contributed by atoms with Crippen LogP contribution in [0.25, 0.3) is 0 Å². The molecule has 0 heterocycles. The fourth-order valence-corrected chi connectivity index (χ4v) is 2.76. The van der Waals surface area contributed by atoms with Crippen molar-refractivity contribution in [3.63, 3.8) is 0 Å². The average Bonchev–Trinajstić information content (AvgIpc) is 2.44. The number of ether oxygens (including phenoxy) is 2. The van der Waals surface area contributed by atoms with Gasteiger partial charge in [0.2, 0.25) is 0 Å².